The summed E-state index contributed by atoms with van der Waals surface area (Å²) in [6, 6.07) is 61.4. The third-order valence-electron chi connectivity index (χ3n) is 18.6. The van der Waals surface area contributed by atoms with Crippen LogP contribution in [-0.4, -0.2) is 68.1 Å². The van der Waals surface area contributed by atoms with Crippen molar-refractivity contribution in [2.75, 3.05) is 40.0 Å². The van der Waals surface area contributed by atoms with Gasteiger partial charge in [0, 0.05) is 0 Å². The van der Waals surface area contributed by atoms with Crippen LogP contribution in [0.3, 0.4) is 0 Å². The number of hydrogen-bond donors (Lipinski definition) is 2. The van der Waals surface area contributed by atoms with Crippen LogP contribution in [0.5, 0.6) is 34.5 Å². The largest absolute Gasteiger partial charge is 0.508 e. The lowest BCUT2D eigenvalue weighted by Gasteiger charge is -2.34. The lowest BCUT2D eigenvalue weighted by Crippen LogP contribution is -2.35. The number of phenols is 2. The van der Waals surface area contributed by atoms with E-state index >= 15 is 0 Å². The summed E-state index contributed by atoms with van der Waals surface area (Å²) in [5.74, 6) is 1.60. The van der Waals surface area contributed by atoms with Gasteiger partial charge in [0.05, 0.1) is 31.2 Å². The number of ether oxygens (including phenoxy) is 9. The number of rotatable bonds is 37. The van der Waals surface area contributed by atoms with E-state index in [9.17, 15) is 24.6 Å². The van der Waals surface area contributed by atoms with Crippen LogP contribution in [0.25, 0.3) is 0 Å². The molecule has 0 aliphatic rings. The summed E-state index contributed by atoms with van der Waals surface area (Å²) in [6.45, 7) is 24.0. The SMILES string of the molecule is CCC(CC(CC(C)(C)C(=O)OC(C)(C)c1ccccc1)c1ccc(O)cc1)c1ccc(OCOCCOc2cc(C(=O)OC(C)(C)c3ccccc3)c(OCCOCOc3ccc(C(CC)CC(CC(C)(C)C(=O)OC(C)(C)c4ccccc4)c4ccc(O)cc4)cc3)c(I)c2I)cc1. The average Bonchev–Trinajstić information content (AvgIpc) is 0.806. The first-order valence-electron chi connectivity index (χ1n) is 34.4. The Balaban J connectivity index is 0.839. The Morgan fingerprint density at radius 1 is 0.400 bits per heavy atom. The minimum atomic E-state index is -0.979. The van der Waals surface area contributed by atoms with Crippen molar-refractivity contribution in [2.24, 2.45) is 10.8 Å². The van der Waals surface area contributed by atoms with E-state index in [1.807, 2.05) is 209 Å². The molecule has 8 aromatic carbocycles. The summed E-state index contributed by atoms with van der Waals surface area (Å²) in [5, 5.41) is 20.4. The Bertz CT molecular complexity index is 3880. The van der Waals surface area contributed by atoms with Gasteiger partial charge < -0.3 is 52.8 Å². The highest BCUT2D eigenvalue weighted by Gasteiger charge is 2.40. The standard InChI is InChI=1S/C84H98I2O14/c1-13-57(50-63(61-30-38-68(87)39-31-61)53-80(3,4)78(90)99-83(9,10)66-26-20-16-21-27-66)59-34-42-70(43-35-59)96-55-92-46-48-94-73-52-72(77(89)98-82(7,8)65-24-18-15-19-25-65)76(75(86)74(73)85)95-49-47-93-56-97-71-44-36-60(37-45-71)58(14-2)51-64(62-32-40-69(88)41-33-62)54-81(5,6)79(91)100-84(11,12)67-28-22-17-23-29-67/h15-45,52,57-58,63-64,87-88H,13-14,46-51,53-56H2,1-12H3. The maximum atomic E-state index is 14.3. The summed E-state index contributed by atoms with van der Waals surface area (Å²) in [7, 11) is 0. The van der Waals surface area contributed by atoms with E-state index < -0.39 is 33.6 Å². The monoisotopic (exact) mass is 1580 g/mol. The summed E-state index contributed by atoms with van der Waals surface area (Å²) < 4.78 is 56.6. The van der Waals surface area contributed by atoms with E-state index in [1.54, 1.807) is 30.3 Å². The summed E-state index contributed by atoms with van der Waals surface area (Å²) >= 11 is 4.36. The predicted octanol–water partition coefficient (Wildman–Crippen LogP) is 20.4. The fourth-order valence-corrected chi connectivity index (χ4v) is 13.7. The molecule has 0 heterocycles. The molecule has 14 nitrogen and oxygen atoms in total. The molecule has 4 atom stereocenters. The van der Waals surface area contributed by atoms with Crippen molar-refractivity contribution in [3.8, 4) is 34.5 Å². The molecular formula is C84H98I2O14. The van der Waals surface area contributed by atoms with Gasteiger partial charge in [0.15, 0.2) is 13.6 Å². The van der Waals surface area contributed by atoms with E-state index in [0.717, 1.165) is 68.2 Å². The molecule has 0 aliphatic carbocycles. The van der Waals surface area contributed by atoms with Gasteiger partial charge >= 0.3 is 17.9 Å². The van der Waals surface area contributed by atoms with Crippen molar-refractivity contribution >= 4 is 63.1 Å². The molecule has 0 amide bonds. The predicted molar refractivity (Wildman–Crippen MR) is 408 cm³/mol. The molecule has 16 heteroatoms. The zero-order valence-electron chi connectivity index (χ0n) is 59.8. The van der Waals surface area contributed by atoms with Crippen molar-refractivity contribution in [3.63, 3.8) is 0 Å². The van der Waals surface area contributed by atoms with E-state index in [-0.39, 0.29) is 92.7 Å². The summed E-state index contributed by atoms with van der Waals surface area (Å²) in [6.07, 6.45) is 4.34. The minimum Gasteiger partial charge on any atom is -0.508 e. The highest BCUT2D eigenvalue weighted by molar-refractivity contribution is 14.1. The van der Waals surface area contributed by atoms with Crippen LogP contribution in [0.1, 0.15) is 195 Å². The molecule has 8 rings (SSSR count). The first kappa shape index (κ1) is 78.1. The number of carbonyl (C=O) groups excluding carboxylic acids is 3. The van der Waals surface area contributed by atoms with E-state index in [1.165, 1.54) is 0 Å². The second-order valence-electron chi connectivity index (χ2n) is 28.3. The van der Waals surface area contributed by atoms with Crippen LogP contribution in [0, 0.1) is 18.0 Å². The third kappa shape index (κ3) is 21.9. The topological polar surface area (TPSA) is 175 Å². The second kappa shape index (κ2) is 35.8. The summed E-state index contributed by atoms with van der Waals surface area (Å²) in [4.78, 5) is 42.2. The van der Waals surface area contributed by atoms with Crippen LogP contribution in [0.2, 0.25) is 0 Å². The lowest BCUT2D eigenvalue weighted by molar-refractivity contribution is -0.170. The normalized spacial score (nSPS) is 13.3. The Kier molecular flexibility index (Phi) is 27.9. The smallest absolute Gasteiger partial charge is 0.342 e. The first-order chi connectivity index (χ1) is 47.6. The van der Waals surface area contributed by atoms with E-state index in [0.29, 0.717) is 39.4 Å². The lowest BCUT2D eigenvalue weighted by atomic mass is 9.74. The van der Waals surface area contributed by atoms with Gasteiger partial charge in [-0.1, -0.05) is 153 Å². The van der Waals surface area contributed by atoms with E-state index in [4.69, 9.17) is 42.6 Å². The highest BCUT2D eigenvalue weighted by Crippen LogP contribution is 2.45. The van der Waals surface area contributed by atoms with Gasteiger partial charge in [0.25, 0.3) is 0 Å². The molecule has 0 aromatic heterocycles. The minimum absolute atomic E-state index is 0.0138. The number of benzene rings is 8. The number of phenolic OH excluding ortho intramolecular Hbond substituents is 2. The Hall–Kier alpha value is -7.65. The first-order valence-corrected chi connectivity index (χ1v) is 36.6. The van der Waals surface area contributed by atoms with Crippen LogP contribution in [0.4, 0.5) is 0 Å². The zero-order valence-corrected chi connectivity index (χ0v) is 64.1. The Morgan fingerprint density at radius 3 is 1.11 bits per heavy atom. The van der Waals surface area contributed by atoms with Crippen molar-refractivity contribution in [2.45, 2.75) is 162 Å². The molecule has 0 saturated heterocycles. The summed E-state index contributed by atoms with van der Waals surface area (Å²) in [5.41, 5.74) is 3.01. The zero-order chi connectivity index (χ0) is 72.3. The molecule has 0 aliphatic heterocycles. The molecule has 532 valence electrons. The van der Waals surface area contributed by atoms with Crippen LogP contribution in [0.15, 0.2) is 194 Å². The number of halogens is 2. The van der Waals surface area contributed by atoms with Gasteiger partial charge in [-0.15, -0.1) is 0 Å². The number of aromatic hydroxyl groups is 2. The van der Waals surface area contributed by atoms with Gasteiger partial charge in [-0.05, 0) is 270 Å². The van der Waals surface area contributed by atoms with Gasteiger partial charge in [-0.25, -0.2) is 4.79 Å². The molecule has 0 saturated carbocycles. The molecule has 8 aromatic rings. The van der Waals surface area contributed by atoms with Gasteiger partial charge in [-0.3, -0.25) is 9.59 Å². The molecule has 0 fully saturated rings. The van der Waals surface area contributed by atoms with Crippen LogP contribution in [-0.2, 0) is 50.1 Å². The maximum absolute atomic E-state index is 14.3. The average molecular weight is 1590 g/mol. The van der Waals surface area contributed by atoms with Crippen LogP contribution < -0.4 is 18.9 Å². The molecule has 2 N–H and O–H groups in total. The molecule has 100 heavy (non-hydrogen) atoms. The highest BCUT2D eigenvalue weighted by atomic mass is 127. The fourth-order valence-electron chi connectivity index (χ4n) is 12.5. The number of carbonyl (C=O) groups is 3. The van der Waals surface area contributed by atoms with Gasteiger partial charge in [0.1, 0.15) is 70.1 Å². The number of hydrogen-bond acceptors (Lipinski definition) is 14. The second-order valence-corrected chi connectivity index (χ2v) is 30.4. The molecular weight excluding hydrogens is 1490 g/mol. The van der Waals surface area contributed by atoms with E-state index in [2.05, 4.69) is 83.3 Å². The van der Waals surface area contributed by atoms with Crippen molar-refractivity contribution in [1.82, 2.24) is 0 Å². The maximum Gasteiger partial charge on any atom is 0.342 e. The Labute approximate surface area is 619 Å². The van der Waals surface area contributed by atoms with Crippen molar-refractivity contribution in [3.05, 3.63) is 246 Å². The van der Waals surface area contributed by atoms with Gasteiger partial charge in [0.2, 0.25) is 0 Å². The van der Waals surface area contributed by atoms with Gasteiger partial charge in [-0.2, -0.15) is 0 Å². The Morgan fingerprint density at radius 2 is 0.740 bits per heavy atom. The third-order valence-corrected chi connectivity index (χ3v) is 21.7. The van der Waals surface area contributed by atoms with Crippen LogP contribution >= 0.6 is 45.2 Å². The molecule has 4 unspecified atom stereocenters. The molecule has 0 bridgehead atoms. The van der Waals surface area contributed by atoms with Crippen molar-refractivity contribution in [1.29, 1.82) is 0 Å². The molecule has 0 radical (unpaired) electrons. The quantitative estimate of drug-likeness (QED) is 0.0124. The fraction of sp³-hybridized carbons (Fsp3) is 0.393. The van der Waals surface area contributed by atoms with Crippen molar-refractivity contribution < 1.29 is 67.2 Å². The number of esters is 3. The molecule has 0 spiro atoms.